The highest BCUT2D eigenvalue weighted by molar-refractivity contribution is 6.07. The Morgan fingerprint density at radius 3 is 2.71 bits per heavy atom. The molecule has 3 aliphatic rings. The molecule has 1 aromatic carbocycles. The normalized spacial score (nSPS) is 24.2. The van der Waals surface area contributed by atoms with E-state index in [0.29, 0.717) is 45.6 Å². The van der Waals surface area contributed by atoms with Crippen LogP contribution in [0.4, 0.5) is 4.79 Å². The standard InChI is InChI=1S/C20H25N3O5/c1-27-16-5-3-2-4-15(16)13-22-11-14(10-17(22)24)12-23-18(25)20(21-19(23)26)6-8-28-9-7-20/h2-5,14H,6-13H2,1H3,(H,21,26). The first-order valence-corrected chi connectivity index (χ1v) is 9.64. The summed E-state index contributed by atoms with van der Waals surface area (Å²) >= 11 is 0. The van der Waals surface area contributed by atoms with E-state index in [4.69, 9.17) is 9.47 Å². The topological polar surface area (TPSA) is 88.2 Å². The summed E-state index contributed by atoms with van der Waals surface area (Å²) in [5.41, 5.74) is 0.116. The molecule has 0 bridgehead atoms. The molecule has 3 heterocycles. The largest absolute Gasteiger partial charge is 0.496 e. The molecule has 28 heavy (non-hydrogen) atoms. The second-order valence-electron chi connectivity index (χ2n) is 7.70. The van der Waals surface area contributed by atoms with E-state index in [2.05, 4.69) is 5.32 Å². The highest BCUT2D eigenvalue weighted by Gasteiger charge is 2.52. The number of amides is 4. The molecule has 0 saturated carbocycles. The zero-order valence-corrected chi connectivity index (χ0v) is 16.0. The van der Waals surface area contributed by atoms with Gasteiger partial charge in [0.1, 0.15) is 11.3 Å². The molecule has 1 aromatic rings. The van der Waals surface area contributed by atoms with Crippen LogP contribution in [0.3, 0.4) is 0 Å². The predicted octanol–water partition coefficient (Wildman–Crippen LogP) is 1.14. The van der Waals surface area contributed by atoms with Crippen LogP contribution in [0.5, 0.6) is 5.75 Å². The van der Waals surface area contributed by atoms with Crippen molar-refractivity contribution in [2.45, 2.75) is 31.3 Å². The van der Waals surface area contributed by atoms with Crippen LogP contribution in [0, 0.1) is 5.92 Å². The van der Waals surface area contributed by atoms with Gasteiger partial charge in [0.15, 0.2) is 0 Å². The summed E-state index contributed by atoms with van der Waals surface area (Å²) in [4.78, 5) is 40.9. The van der Waals surface area contributed by atoms with Crippen molar-refractivity contribution in [1.82, 2.24) is 15.1 Å². The van der Waals surface area contributed by atoms with E-state index in [-0.39, 0.29) is 30.3 Å². The first-order chi connectivity index (χ1) is 13.5. The van der Waals surface area contributed by atoms with E-state index in [1.807, 2.05) is 24.3 Å². The van der Waals surface area contributed by atoms with Crippen LogP contribution in [0.15, 0.2) is 24.3 Å². The smallest absolute Gasteiger partial charge is 0.325 e. The molecule has 3 saturated heterocycles. The Morgan fingerprint density at radius 1 is 1.21 bits per heavy atom. The molecule has 1 N–H and O–H groups in total. The highest BCUT2D eigenvalue weighted by Crippen LogP contribution is 2.31. The van der Waals surface area contributed by atoms with E-state index in [9.17, 15) is 14.4 Å². The van der Waals surface area contributed by atoms with Crippen molar-refractivity contribution in [1.29, 1.82) is 0 Å². The number of nitrogens with one attached hydrogen (secondary N) is 1. The first kappa shape index (κ1) is 18.7. The number of likely N-dealkylation sites (tertiary alicyclic amines) is 1. The number of benzene rings is 1. The second kappa shape index (κ2) is 7.43. The van der Waals surface area contributed by atoms with E-state index in [1.54, 1.807) is 12.0 Å². The fraction of sp³-hybridized carbons (Fsp3) is 0.550. The van der Waals surface area contributed by atoms with Gasteiger partial charge in [0.05, 0.1) is 7.11 Å². The van der Waals surface area contributed by atoms with Gasteiger partial charge < -0.3 is 19.7 Å². The number of para-hydroxylation sites is 1. The molecule has 8 nitrogen and oxygen atoms in total. The van der Waals surface area contributed by atoms with Crippen LogP contribution in [0.2, 0.25) is 0 Å². The Morgan fingerprint density at radius 2 is 1.96 bits per heavy atom. The van der Waals surface area contributed by atoms with Crippen molar-refractivity contribution in [3.8, 4) is 5.75 Å². The number of hydrogen-bond donors (Lipinski definition) is 1. The second-order valence-corrected chi connectivity index (χ2v) is 7.70. The fourth-order valence-electron chi connectivity index (χ4n) is 4.33. The van der Waals surface area contributed by atoms with Crippen LogP contribution in [0.25, 0.3) is 0 Å². The van der Waals surface area contributed by atoms with Gasteiger partial charge in [-0.1, -0.05) is 18.2 Å². The third-order valence-corrected chi connectivity index (χ3v) is 5.88. The molecular weight excluding hydrogens is 362 g/mol. The van der Waals surface area contributed by atoms with Crippen LogP contribution in [-0.4, -0.2) is 66.6 Å². The van der Waals surface area contributed by atoms with Crippen LogP contribution >= 0.6 is 0 Å². The minimum Gasteiger partial charge on any atom is -0.496 e. The number of hydrogen-bond acceptors (Lipinski definition) is 5. The molecule has 0 aromatic heterocycles. The number of rotatable bonds is 5. The number of carbonyl (C=O) groups excluding carboxylic acids is 3. The number of carbonyl (C=O) groups is 3. The molecular formula is C20H25N3O5. The molecule has 0 radical (unpaired) electrons. The molecule has 1 unspecified atom stereocenters. The highest BCUT2D eigenvalue weighted by atomic mass is 16.5. The molecule has 4 rings (SSSR count). The fourth-order valence-corrected chi connectivity index (χ4v) is 4.33. The minimum absolute atomic E-state index is 0.0312. The zero-order chi connectivity index (χ0) is 19.7. The van der Waals surface area contributed by atoms with Crippen molar-refractivity contribution in [2.75, 3.05) is 33.4 Å². The van der Waals surface area contributed by atoms with Crippen molar-refractivity contribution in [3.63, 3.8) is 0 Å². The van der Waals surface area contributed by atoms with Gasteiger partial charge in [-0.3, -0.25) is 14.5 Å². The van der Waals surface area contributed by atoms with Crippen LogP contribution in [0.1, 0.15) is 24.8 Å². The Balaban J connectivity index is 1.40. The van der Waals surface area contributed by atoms with Gasteiger partial charge in [0, 0.05) is 63.6 Å². The molecule has 1 atom stereocenters. The Kier molecular flexibility index (Phi) is 4.97. The average molecular weight is 387 g/mol. The summed E-state index contributed by atoms with van der Waals surface area (Å²) in [7, 11) is 1.61. The Bertz CT molecular complexity index is 790. The van der Waals surface area contributed by atoms with Crippen LogP contribution < -0.4 is 10.1 Å². The first-order valence-electron chi connectivity index (χ1n) is 9.64. The Labute approximate surface area is 163 Å². The maximum absolute atomic E-state index is 12.9. The minimum atomic E-state index is -0.824. The molecule has 3 aliphatic heterocycles. The average Bonchev–Trinajstić information content (AvgIpc) is 3.15. The maximum Gasteiger partial charge on any atom is 0.325 e. The quantitative estimate of drug-likeness (QED) is 0.766. The van der Waals surface area contributed by atoms with Gasteiger partial charge in [-0.15, -0.1) is 0 Å². The number of methoxy groups -OCH3 is 1. The Hall–Kier alpha value is -2.61. The van der Waals surface area contributed by atoms with Crippen molar-refractivity contribution in [3.05, 3.63) is 29.8 Å². The van der Waals surface area contributed by atoms with Gasteiger partial charge in [-0.05, 0) is 6.07 Å². The molecule has 150 valence electrons. The zero-order valence-electron chi connectivity index (χ0n) is 16.0. The van der Waals surface area contributed by atoms with Crippen molar-refractivity contribution in [2.24, 2.45) is 5.92 Å². The van der Waals surface area contributed by atoms with Gasteiger partial charge >= 0.3 is 6.03 Å². The third-order valence-electron chi connectivity index (χ3n) is 5.88. The monoisotopic (exact) mass is 387 g/mol. The molecule has 8 heteroatoms. The summed E-state index contributed by atoms with van der Waals surface area (Å²) in [6.07, 6.45) is 1.33. The summed E-state index contributed by atoms with van der Waals surface area (Å²) < 4.78 is 10.7. The summed E-state index contributed by atoms with van der Waals surface area (Å²) in [5.74, 6) is 0.529. The lowest BCUT2D eigenvalue weighted by atomic mass is 9.90. The molecule has 0 aliphatic carbocycles. The number of ether oxygens (including phenoxy) is 2. The number of imide groups is 1. The molecule has 1 spiro atoms. The van der Waals surface area contributed by atoms with Gasteiger partial charge in [-0.25, -0.2) is 4.79 Å². The summed E-state index contributed by atoms with van der Waals surface area (Å²) in [6.45, 7) is 2.18. The summed E-state index contributed by atoms with van der Waals surface area (Å²) in [6, 6.07) is 7.25. The third kappa shape index (κ3) is 3.32. The number of urea groups is 1. The maximum atomic E-state index is 12.9. The van der Waals surface area contributed by atoms with Gasteiger partial charge in [0.25, 0.3) is 5.91 Å². The lowest BCUT2D eigenvalue weighted by molar-refractivity contribution is -0.135. The van der Waals surface area contributed by atoms with Crippen molar-refractivity contribution >= 4 is 17.8 Å². The summed E-state index contributed by atoms with van der Waals surface area (Å²) in [5, 5.41) is 2.86. The van der Waals surface area contributed by atoms with Gasteiger partial charge in [-0.2, -0.15) is 0 Å². The van der Waals surface area contributed by atoms with Crippen molar-refractivity contribution < 1.29 is 23.9 Å². The number of nitrogens with zero attached hydrogens (tertiary/aromatic N) is 2. The molecule has 4 amide bonds. The van der Waals surface area contributed by atoms with Gasteiger partial charge in [0.2, 0.25) is 5.91 Å². The lowest BCUT2D eigenvalue weighted by Gasteiger charge is -2.30. The molecule has 3 fully saturated rings. The van der Waals surface area contributed by atoms with E-state index in [0.717, 1.165) is 11.3 Å². The SMILES string of the molecule is COc1ccccc1CN1CC(CN2C(=O)NC3(CCOCC3)C2=O)CC1=O. The lowest BCUT2D eigenvalue weighted by Crippen LogP contribution is -2.51. The predicted molar refractivity (Wildman–Crippen MR) is 99.5 cm³/mol. The van der Waals surface area contributed by atoms with E-state index in [1.165, 1.54) is 4.90 Å². The van der Waals surface area contributed by atoms with E-state index < -0.39 is 5.54 Å². The van der Waals surface area contributed by atoms with E-state index >= 15 is 0 Å². The van der Waals surface area contributed by atoms with Crippen LogP contribution in [-0.2, 0) is 20.9 Å².